The maximum absolute atomic E-state index is 11.2. The molecule has 88 valence electrons. The lowest BCUT2D eigenvalue weighted by Crippen LogP contribution is -2.09. The first-order valence-corrected chi connectivity index (χ1v) is 5.54. The summed E-state index contributed by atoms with van der Waals surface area (Å²) in [6, 6.07) is 7.16. The van der Waals surface area contributed by atoms with Gasteiger partial charge in [-0.1, -0.05) is 15.9 Å². The number of aromatic nitrogens is 2. The molecular weight excluding hydrogens is 288 g/mol. The van der Waals surface area contributed by atoms with Gasteiger partial charge in [0.2, 0.25) is 0 Å². The number of benzene rings is 1. The van der Waals surface area contributed by atoms with Crippen LogP contribution in [0.5, 0.6) is 5.75 Å². The largest absolute Gasteiger partial charge is 0.493 e. The molecule has 2 rings (SSSR count). The van der Waals surface area contributed by atoms with Crippen molar-refractivity contribution in [3.8, 4) is 11.4 Å². The maximum Gasteiger partial charge on any atom is 0.358 e. The van der Waals surface area contributed by atoms with Crippen LogP contribution in [0.15, 0.2) is 34.9 Å². The SMILES string of the molecule is COc1cnn(-c2ccc(Br)cc2)c1C(=O)O. The number of nitrogens with zero attached hydrogens (tertiary/aromatic N) is 2. The summed E-state index contributed by atoms with van der Waals surface area (Å²) in [5, 5.41) is 13.1. The van der Waals surface area contributed by atoms with E-state index >= 15 is 0 Å². The first-order chi connectivity index (χ1) is 8.13. The van der Waals surface area contributed by atoms with E-state index < -0.39 is 5.97 Å². The second-order valence-electron chi connectivity index (χ2n) is 3.25. The zero-order valence-electron chi connectivity index (χ0n) is 8.92. The van der Waals surface area contributed by atoms with E-state index in [1.54, 1.807) is 12.1 Å². The van der Waals surface area contributed by atoms with Crippen molar-refractivity contribution < 1.29 is 14.6 Å². The molecule has 1 aromatic carbocycles. The van der Waals surface area contributed by atoms with Gasteiger partial charge in [-0.3, -0.25) is 0 Å². The number of hydrogen-bond acceptors (Lipinski definition) is 3. The maximum atomic E-state index is 11.2. The number of halogens is 1. The molecule has 0 atom stereocenters. The standard InChI is InChI=1S/C11H9BrN2O3/c1-17-9-6-13-14(10(9)11(15)16)8-4-2-7(12)3-5-8/h2-6H,1H3,(H,15,16). The molecule has 1 N–H and O–H groups in total. The molecule has 5 nitrogen and oxygen atoms in total. The third-order valence-corrected chi connectivity index (χ3v) is 2.76. The summed E-state index contributed by atoms with van der Waals surface area (Å²) >= 11 is 3.31. The van der Waals surface area contributed by atoms with Crippen LogP contribution in [-0.2, 0) is 0 Å². The first-order valence-electron chi connectivity index (χ1n) is 4.74. The molecule has 0 aliphatic rings. The van der Waals surface area contributed by atoms with Gasteiger partial charge in [-0.25, -0.2) is 9.48 Å². The monoisotopic (exact) mass is 296 g/mol. The highest BCUT2D eigenvalue weighted by atomic mass is 79.9. The van der Waals surface area contributed by atoms with Crippen molar-refractivity contribution in [1.82, 2.24) is 9.78 Å². The molecule has 0 unspecified atom stereocenters. The third kappa shape index (κ3) is 2.16. The molecule has 0 saturated heterocycles. The molecule has 0 saturated carbocycles. The number of rotatable bonds is 3. The summed E-state index contributed by atoms with van der Waals surface area (Å²) in [4.78, 5) is 11.2. The lowest BCUT2D eigenvalue weighted by molar-refractivity contribution is 0.0683. The number of aromatic carboxylic acids is 1. The molecule has 1 aromatic heterocycles. The van der Waals surface area contributed by atoms with Crippen molar-refractivity contribution in [2.75, 3.05) is 7.11 Å². The Labute approximate surface area is 106 Å². The summed E-state index contributed by atoms with van der Waals surface area (Å²) in [6.07, 6.45) is 1.38. The van der Waals surface area contributed by atoms with Crippen LogP contribution in [0, 0.1) is 0 Å². The second-order valence-corrected chi connectivity index (χ2v) is 4.17. The molecule has 0 bridgehead atoms. The van der Waals surface area contributed by atoms with Crippen molar-refractivity contribution in [2.45, 2.75) is 0 Å². The lowest BCUT2D eigenvalue weighted by atomic mass is 10.3. The third-order valence-electron chi connectivity index (χ3n) is 2.23. The van der Waals surface area contributed by atoms with Gasteiger partial charge in [0.15, 0.2) is 11.4 Å². The molecule has 0 amide bonds. The van der Waals surface area contributed by atoms with Crippen LogP contribution in [0.1, 0.15) is 10.5 Å². The Morgan fingerprint density at radius 3 is 2.59 bits per heavy atom. The van der Waals surface area contributed by atoms with E-state index in [1.807, 2.05) is 12.1 Å². The molecule has 0 fully saturated rings. The van der Waals surface area contributed by atoms with Gasteiger partial charge in [0, 0.05) is 4.47 Å². The van der Waals surface area contributed by atoms with E-state index in [-0.39, 0.29) is 11.4 Å². The Morgan fingerprint density at radius 2 is 2.06 bits per heavy atom. The van der Waals surface area contributed by atoms with Crippen molar-refractivity contribution in [1.29, 1.82) is 0 Å². The summed E-state index contributed by atoms with van der Waals surface area (Å²) < 4.78 is 7.20. The fraction of sp³-hybridized carbons (Fsp3) is 0.0909. The molecule has 0 spiro atoms. The number of carboxylic acid groups (broad SMARTS) is 1. The van der Waals surface area contributed by atoms with E-state index in [0.29, 0.717) is 5.69 Å². The van der Waals surface area contributed by atoms with Crippen LogP contribution in [0.3, 0.4) is 0 Å². The molecule has 2 aromatic rings. The fourth-order valence-electron chi connectivity index (χ4n) is 1.46. The number of carboxylic acids is 1. The van der Waals surface area contributed by atoms with Crippen LogP contribution in [0.4, 0.5) is 0 Å². The summed E-state index contributed by atoms with van der Waals surface area (Å²) in [5.74, 6) is -0.845. The second kappa shape index (κ2) is 4.58. The highest BCUT2D eigenvalue weighted by Crippen LogP contribution is 2.22. The minimum absolute atomic E-state index is 0.00909. The smallest absolute Gasteiger partial charge is 0.358 e. The van der Waals surface area contributed by atoms with E-state index in [1.165, 1.54) is 18.0 Å². The lowest BCUT2D eigenvalue weighted by Gasteiger charge is -2.05. The number of ether oxygens (including phenoxy) is 1. The minimum Gasteiger partial charge on any atom is -0.493 e. The van der Waals surface area contributed by atoms with Gasteiger partial charge in [0.05, 0.1) is 19.0 Å². The van der Waals surface area contributed by atoms with Crippen LogP contribution in [-0.4, -0.2) is 28.0 Å². The fourth-order valence-corrected chi connectivity index (χ4v) is 1.72. The summed E-state index contributed by atoms with van der Waals surface area (Å²) in [6.45, 7) is 0. The molecule has 0 aliphatic carbocycles. The van der Waals surface area contributed by atoms with Gasteiger partial charge in [-0.2, -0.15) is 5.10 Å². The molecule has 1 heterocycles. The van der Waals surface area contributed by atoms with Gasteiger partial charge in [-0.15, -0.1) is 0 Å². The number of hydrogen-bond donors (Lipinski definition) is 1. The molecular formula is C11H9BrN2O3. The van der Waals surface area contributed by atoms with Crippen molar-refractivity contribution in [3.05, 3.63) is 40.6 Å². The predicted molar refractivity (Wildman–Crippen MR) is 64.8 cm³/mol. The van der Waals surface area contributed by atoms with Crippen LogP contribution in [0.25, 0.3) is 5.69 Å². The first kappa shape index (κ1) is 11.7. The highest BCUT2D eigenvalue weighted by molar-refractivity contribution is 9.10. The highest BCUT2D eigenvalue weighted by Gasteiger charge is 2.19. The van der Waals surface area contributed by atoms with E-state index in [2.05, 4.69) is 21.0 Å². The molecule has 17 heavy (non-hydrogen) atoms. The molecule has 0 aliphatic heterocycles. The van der Waals surface area contributed by atoms with E-state index in [0.717, 1.165) is 4.47 Å². The number of carbonyl (C=O) groups is 1. The average Bonchev–Trinajstić information content (AvgIpc) is 2.73. The Balaban J connectivity index is 2.55. The number of methoxy groups -OCH3 is 1. The Kier molecular flexibility index (Phi) is 3.14. The van der Waals surface area contributed by atoms with Crippen LogP contribution in [0.2, 0.25) is 0 Å². The Hall–Kier alpha value is -1.82. The van der Waals surface area contributed by atoms with Gasteiger partial charge in [0.25, 0.3) is 0 Å². The Morgan fingerprint density at radius 1 is 1.41 bits per heavy atom. The zero-order valence-corrected chi connectivity index (χ0v) is 10.5. The van der Waals surface area contributed by atoms with Crippen molar-refractivity contribution in [3.63, 3.8) is 0 Å². The molecule has 0 radical (unpaired) electrons. The van der Waals surface area contributed by atoms with Gasteiger partial charge >= 0.3 is 5.97 Å². The molecule has 6 heteroatoms. The zero-order chi connectivity index (χ0) is 12.4. The van der Waals surface area contributed by atoms with Crippen molar-refractivity contribution >= 4 is 21.9 Å². The quantitative estimate of drug-likeness (QED) is 0.944. The van der Waals surface area contributed by atoms with Gasteiger partial charge < -0.3 is 9.84 Å². The normalized spacial score (nSPS) is 10.2. The Bertz CT molecular complexity index is 548. The van der Waals surface area contributed by atoms with Gasteiger partial charge in [-0.05, 0) is 24.3 Å². The van der Waals surface area contributed by atoms with Gasteiger partial charge in [0.1, 0.15) is 0 Å². The van der Waals surface area contributed by atoms with E-state index in [9.17, 15) is 4.79 Å². The van der Waals surface area contributed by atoms with Crippen molar-refractivity contribution in [2.24, 2.45) is 0 Å². The predicted octanol–water partition coefficient (Wildman–Crippen LogP) is 2.34. The summed E-state index contributed by atoms with van der Waals surface area (Å²) in [5.41, 5.74) is 0.670. The summed E-state index contributed by atoms with van der Waals surface area (Å²) in [7, 11) is 1.41. The topological polar surface area (TPSA) is 64.4 Å². The van der Waals surface area contributed by atoms with Crippen LogP contribution >= 0.6 is 15.9 Å². The minimum atomic E-state index is -1.08. The average molecular weight is 297 g/mol. The van der Waals surface area contributed by atoms with Crippen LogP contribution < -0.4 is 4.74 Å². The van der Waals surface area contributed by atoms with E-state index in [4.69, 9.17) is 9.84 Å².